The van der Waals surface area contributed by atoms with E-state index in [0.717, 1.165) is 0 Å². The number of hydrogen-bond donors (Lipinski definition) is 1. The summed E-state index contributed by atoms with van der Waals surface area (Å²) in [7, 11) is 0. The summed E-state index contributed by atoms with van der Waals surface area (Å²) in [5.41, 5.74) is 0.590. The molecular formula is C16H16FNO3. The van der Waals surface area contributed by atoms with Gasteiger partial charge in [0.2, 0.25) is 0 Å². The number of carbonyl (C=O) groups excluding carboxylic acids is 1. The van der Waals surface area contributed by atoms with Crippen molar-refractivity contribution in [1.82, 2.24) is 0 Å². The Morgan fingerprint density at radius 3 is 2.52 bits per heavy atom. The molecule has 0 aromatic heterocycles. The van der Waals surface area contributed by atoms with Crippen LogP contribution in [0.15, 0.2) is 48.5 Å². The fraction of sp³-hybridized carbons (Fsp3) is 0.188. The Bertz CT molecular complexity index is 599. The SMILES string of the molecule is CCOc1ccccc1NC(=O)COc1ccc(F)cc1. The zero-order valence-corrected chi connectivity index (χ0v) is 11.6. The normalized spacial score (nSPS) is 10.0. The Balaban J connectivity index is 1.91. The number of amides is 1. The molecule has 4 nitrogen and oxygen atoms in total. The van der Waals surface area contributed by atoms with Crippen LogP contribution in [0.1, 0.15) is 6.92 Å². The second-order valence-electron chi connectivity index (χ2n) is 4.22. The lowest BCUT2D eigenvalue weighted by Crippen LogP contribution is -2.20. The molecule has 2 rings (SSSR count). The van der Waals surface area contributed by atoms with E-state index in [2.05, 4.69) is 5.32 Å². The lowest BCUT2D eigenvalue weighted by Gasteiger charge is -2.11. The first-order valence-electron chi connectivity index (χ1n) is 6.59. The summed E-state index contributed by atoms with van der Waals surface area (Å²) in [5.74, 6) is 0.378. The third-order valence-electron chi connectivity index (χ3n) is 2.64. The molecule has 0 atom stereocenters. The van der Waals surface area contributed by atoms with Gasteiger partial charge < -0.3 is 14.8 Å². The lowest BCUT2D eigenvalue weighted by atomic mass is 10.3. The molecule has 2 aromatic carbocycles. The van der Waals surface area contributed by atoms with Gasteiger partial charge in [0, 0.05) is 0 Å². The Morgan fingerprint density at radius 2 is 1.81 bits per heavy atom. The molecule has 0 heterocycles. The Hall–Kier alpha value is -2.56. The molecule has 0 bridgehead atoms. The third kappa shape index (κ3) is 4.49. The van der Waals surface area contributed by atoms with E-state index in [1.165, 1.54) is 24.3 Å². The van der Waals surface area contributed by atoms with E-state index in [1.807, 2.05) is 13.0 Å². The van der Waals surface area contributed by atoms with Gasteiger partial charge in [0.05, 0.1) is 12.3 Å². The highest BCUT2D eigenvalue weighted by Crippen LogP contribution is 2.23. The maximum Gasteiger partial charge on any atom is 0.262 e. The molecule has 0 aliphatic heterocycles. The Labute approximate surface area is 122 Å². The smallest absolute Gasteiger partial charge is 0.262 e. The maximum absolute atomic E-state index is 12.7. The van der Waals surface area contributed by atoms with Crippen LogP contribution >= 0.6 is 0 Å². The molecular weight excluding hydrogens is 273 g/mol. The molecule has 0 radical (unpaired) electrons. The Kier molecular flexibility index (Phi) is 5.15. The molecule has 0 unspecified atom stereocenters. The van der Waals surface area contributed by atoms with Crippen LogP contribution in [0.25, 0.3) is 0 Å². The first kappa shape index (κ1) is 14.8. The van der Waals surface area contributed by atoms with E-state index in [-0.39, 0.29) is 18.3 Å². The van der Waals surface area contributed by atoms with Crippen LogP contribution in [-0.2, 0) is 4.79 Å². The van der Waals surface area contributed by atoms with E-state index in [1.54, 1.807) is 18.2 Å². The van der Waals surface area contributed by atoms with Gasteiger partial charge in [-0.25, -0.2) is 4.39 Å². The van der Waals surface area contributed by atoms with E-state index in [9.17, 15) is 9.18 Å². The number of hydrogen-bond acceptors (Lipinski definition) is 3. The minimum Gasteiger partial charge on any atom is -0.492 e. The average Bonchev–Trinajstić information content (AvgIpc) is 2.49. The largest absolute Gasteiger partial charge is 0.492 e. The van der Waals surface area contributed by atoms with Gasteiger partial charge in [-0.1, -0.05) is 12.1 Å². The van der Waals surface area contributed by atoms with Crippen molar-refractivity contribution in [3.63, 3.8) is 0 Å². The van der Waals surface area contributed by atoms with Gasteiger partial charge in [-0.3, -0.25) is 4.79 Å². The number of ether oxygens (including phenoxy) is 2. The Morgan fingerprint density at radius 1 is 1.10 bits per heavy atom. The van der Waals surface area contributed by atoms with E-state index in [0.29, 0.717) is 23.8 Å². The fourth-order valence-corrected chi connectivity index (χ4v) is 1.72. The first-order chi connectivity index (χ1) is 10.2. The highest BCUT2D eigenvalue weighted by molar-refractivity contribution is 5.93. The van der Waals surface area contributed by atoms with Crippen molar-refractivity contribution in [2.75, 3.05) is 18.5 Å². The molecule has 0 saturated carbocycles. The van der Waals surface area contributed by atoms with Gasteiger partial charge in [0.15, 0.2) is 6.61 Å². The number of para-hydroxylation sites is 2. The molecule has 1 amide bonds. The van der Waals surface area contributed by atoms with Gasteiger partial charge in [-0.15, -0.1) is 0 Å². The van der Waals surface area contributed by atoms with Crippen molar-refractivity contribution in [3.8, 4) is 11.5 Å². The van der Waals surface area contributed by atoms with Gasteiger partial charge >= 0.3 is 0 Å². The number of nitrogens with one attached hydrogen (secondary N) is 1. The summed E-state index contributed by atoms with van der Waals surface area (Å²) >= 11 is 0. The zero-order valence-electron chi connectivity index (χ0n) is 11.6. The molecule has 0 spiro atoms. The van der Waals surface area contributed by atoms with Crippen molar-refractivity contribution in [2.24, 2.45) is 0 Å². The van der Waals surface area contributed by atoms with Crippen molar-refractivity contribution in [1.29, 1.82) is 0 Å². The minimum absolute atomic E-state index is 0.161. The lowest BCUT2D eigenvalue weighted by molar-refractivity contribution is -0.118. The van der Waals surface area contributed by atoms with Crippen molar-refractivity contribution in [3.05, 3.63) is 54.3 Å². The quantitative estimate of drug-likeness (QED) is 0.888. The fourth-order valence-electron chi connectivity index (χ4n) is 1.72. The molecule has 0 fully saturated rings. The van der Waals surface area contributed by atoms with Crippen LogP contribution in [0, 0.1) is 5.82 Å². The molecule has 2 aromatic rings. The van der Waals surface area contributed by atoms with Crippen LogP contribution in [0.2, 0.25) is 0 Å². The van der Waals surface area contributed by atoms with Gasteiger partial charge in [0.1, 0.15) is 17.3 Å². The third-order valence-corrected chi connectivity index (χ3v) is 2.64. The summed E-state index contributed by atoms with van der Waals surface area (Å²) in [6, 6.07) is 12.7. The van der Waals surface area contributed by atoms with Crippen molar-refractivity contribution in [2.45, 2.75) is 6.92 Å². The first-order valence-corrected chi connectivity index (χ1v) is 6.59. The minimum atomic E-state index is -0.350. The monoisotopic (exact) mass is 289 g/mol. The van der Waals surface area contributed by atoms with E-state index in [4.69, 9.17) is 9.47 Å². The predicted octanol–water partition coefficient (Wildman–Crippen LogP) is 3.24. The summed E-state index contributed by atoms with van der Waals surface area (Å²) in [6.45, 7) is 2.22. The van der Waals surface area contributed by atoms with E-state index >= 15 is 0 Å². The summed E-state index contributed by atoms with van der Waals surface area (Å²) < 4.78 is 23.4. The summed E-state index contributed by atoms with van der Waals surface area (Å²) in [6.07, 6.45) is 0. The second kappa shape index (κ2) is 7.28. The molecule has 0 aliphatic carbocycles. The number of anilines is 1. The zero-order chi connectivity index (χ0) is 15.1. The van der Waals surface area contributed by atoms with E-state index < -0.39 is 0 Å². The number of carbonyl (C=O) groups is 1. The molecule has 5 heteroatoms. The standard InChI is InChI=1S/C16H16FNO3/c1-2-20-15-6-4-3-5-14(15)18-16(19)11-21-13-9-7-12(17)8-10-13/h3-10H,2,11H2,1H3,(H,18,19). The molecule has 0 aliphatic rings. The molecule has 0 saturated heterocycles. The average molecular weight is 289 g/mol. The molecule has 1 N–H and O–H groups in total. The van der Waals surface area contributed by atoms with Crippen LogP contribution in [0.4, 0.5) is 10.1 Å². The second-order valence-corrected chi connectivity index (χ2v) is 4.22. The predicted molar refractivity (Wildman–Crippen MR) is 78.1 cm³/mol. The van der Waals surface area contributed by atoms with Gasteiger partial charge in [-0.2, -0.15) is 0 Å². The number of benzene rings is 2. The van der Waals surface area contributed by atoms with Crippen molar-refractivity contribution < 1.29 is 18.7 Å². The highest BCUT2D eigenvalue weighted by atomic mass is 19.1. The van der Waals surface area contributed by atoms with Crippen LogP contribution < -0.4 is 14.8 Å². The van der Waals surface area contributed by atoms with Crippen molar-refractivity contribution >= 4 is 11.6 Å². The topological polar surface area (TPSA) is 47.6 Å². The number of rotatable bonds is 6. The highest BCUT2D eigenvalue weighted by Gasteiger charge is 2.08. The molecule has 21 heavy (non-hydrogen) atoms. The summed E-state index contributed by atoms with van der Waals surface area (Å²) in [5, 5.41) is 2.71. The van der Waals surface area contributed by atoms with Gasteiger partial charge in [-0.05, 0) is 43.3 Å². The number of halogens is 1. The molecule has 110 valence electrons. The van der Waals surface area contributed by atoms with Crippen LogP contribution in [0.3, 0.4) is 0 Å². The maximum atomic E-state index is 12.7. The summed E-state index contributed by atoms with van der Waals surface area (Å²) in [4.78, 5) is 11.8. The van der Waals surface area contributed by atoms with Crippen LogP contribution in [-0.4, -0.2) is 19.1 Å². The van der Waals surface area contributed by atoms with Crippen LogP contribution in [0.5, 0.6) is 11.5 Å². The van der Waals surface area contributed by atoms with Gasteiger partial charge in [0.25, 0.3) is 5.91 Å².